The largest absolute Gasteiger partial charge is 0.311 e. The van der Waals surface area contributed by atoms with E-state index in [1.54, 1.807) is 0 Å². The van der Waals surface area contributed by atoms with Gasteiger partial charge in [0.2, 0.25) is 0 Å². The van der Waals surface area contributed by atoms with Crippen LogP contribution in [0.4, 0.5) is 0 Å². The van der Waals surface area contributed by atoms with Crippen molar-refractivity contribution in [2.45, 2.75) is 44.2 Å². The van der Waals surface area contributed by atoms with Gasteiger partial charge >= 0.3 is 0 Å². The van der Waals surface area contributed by atoms with Crippen LogP contribution in [-0.2, 0) is 0 Å². The summed E-state index contributed by atoms with van der Waals surface area (Å²) in [4.78, 5) is 0. The van der Waals surface area contributed by atoms with Crippen molar-refractivity contribution in [2.24, 2.45) is 0 Å². The highest BCUT2D eigenvalue weighted by molar-refractivity contribution is 6.30. The van der Waals surface area contributed by atoms with E-state index in [9.17, 15) is 0 Å². The van der Waals surface area contributed by atoms with Crippen molar-refractivity contribution in [1.29, 1.82) is 0 Å². The quantitative estimate of drug-likeness (QED) is 0.802. The maximum absolute atomic E-state index is 5.88. The first-order valence-corrected chi connectivity index (χ1v) is 6.52. The molecule has 0 radical (unpaired) electrons. The molecule has 1 N–H and O–H groups in total. The zero-order valence-corrected chi connectivity index (χ0v) is 10.9. The molecule has 0 heterocycles. The summed E-state index contributed by atoms with van der Waals surface area (Å²) in [6.45, 7) is 2.15. The minimum Gasteiger partial charge on any atom is -0.311 e. The summed E-state index contributed by atoms with van der Waals surface area (Å²) in [5.74, 6) is 3.38. The number of hydrogen-bond donors (Lipinski definition) is 1. The molecule has 1 aromatic carbocycles. The molecule has 1 nitrogen and oxygen atoms in total. The molecule has 0 spiro atoms. The van der Waals surface area contributed by atoms with Crippen LogP contribution in [0.5, 0.6) is 0 Å². The van der Waals surface area contributed by atoms with Gasteiger partial charge in [-0.15, -0.1) is 12.3 Å². The molecule has 1 aliphatic carbocycles. The molecule has 1 fully saturated rings. The standard InChI is InChI=1S/C15H18ClN/c1-3-4-11(2)17-15-9-13(10-15)12-5-7-14(16)8-6-12/h1,5-8,11,13,15,17H,4,9-10H2,2H3. The van der Waals surface area contributed by atoms with Gasteiger partial charge in [0.25, 0.3) is 0 Å². The summed E-state index contributed by atoms with van der Waals surface area (Å²) in [5.41, 5.74) is 1.40. The molecule has 1 saturated carbocycles. The normalized spacial score (nSPS) is 24.8. The van der Waals surface area contributed by atoms with Crippen molar-refractivity contribution in [1.82, 2.24) is 5.32 Å². The zero-order chi connectivity index (χ0) is 12.3. The second-order valence-electron chi connectivity index (χ2n) is 4.89. The van der Waals surface area contributed by atoms with Crippen LogP contribution in [0.15, 0.2) is 24.3 Å². The minimum absolute atomic E-state index is 0.427. The topological polar surface area (TPSA) is 12.0 Å². The summed E-state index contributed by atoms with van der Waals surface area (Å²) >= 11 is 5.88. The van der Waals surface area contributed by atoms with E-state index >= 15 is 0 Å². The Hall–Kier alpha value is -0.970. The monoisotopic (exact) mass is 247 g/mol. The van der Waals surface area contributed by atoms with E-state index < -0.39 is 0 Å². The Labute approximate surface area is 109 Å². The molecule has 1 unspecified atom stereocenters. The van der Waals surface area contributed by atoms with Gasteiger partial charge in [0.05, 0.1) is 0 Å². The SMILES string of the molecule is C#CCC(C)NC1CC(c2ccc(Cl)cc2)C1. The predicted molar refractivity (Wildman–Crippen MR) is 73.3 cm³/mol. The summed E-state index contributed by atoms with van der Waals surface area (Å²) in [6, 6.07) is 9.26. The van der Waals surface area contributed by atoms with E-state index in [1.165, 1.54) is 18.4 Å². The first-order valence-electron chi connectivity index (χ1n) is 6.14. The molecular weight excluding hydrogens is 230 g/mol. The third kappa shape index (κ3) is 3.25. The molecule has 2 rings (SSSR count). The van der Waals surface area contributed by atoms with E-state index in [-0.39, 0.29) is 0 Å². The molecule has 0 bridgehead atoms. The zero-order valence-electron chi connectivity index (χ0n) is 10.1. The average Bonchev–Trinajstić information content (AvgIpc) is 2.25. The molecule has 0 aromatic heterocycles. The van der Waals surface area contributed by atoms with Crippen molar-refractivity contribution >= 4 is 11.6 Å². The second-order valence-corrected chi connectivity index (χ2v) is 5.33. The number of halogens is 1. The van der Waals surface area contributed by atoms with Crippen molar-refractivity contribution in [3.05, 3.63) is 34.9 Å². The lowest BCUT2D eigenvalue weighted by Crippen LogP contribution is -2.44. The Morgan fingerprint density at radius 2 is 2.06 bits per heavy atom. The third-order valence-corrected chi connectivity index (χ3v) is 3.68. The van der Waals surface area contributed by atoms with E-state index in [0.29, 0.717) is 18.0 Å². The van der Waals surface area contributed by atoms with E-state index in [4.69, 9.17) is 18.0 Å². The molecular formula is C15H18ClN. The molecule has 0 saturated heterocycles. The van der Waals surface area contributed by atoms with Crippen molar-refractivity contribution in [3.63, 3.8) is 0 Å². The van der Waals surface area contributed by atoms with Crippen LogP contribution in [0.3, 0.4) is 0 Å². The Morgan fingerprint density at radius 3 is 2.65 bits per heavy atom. The number of rotatable bonds is 4. The summed E-state index contributed by atoms with van der Waals surface area (Å²) in [5, 5.41) is 4.37. The van der Waals surface area contributed by atoms with Gasteiger partial charge in [0.15, 0.2) is 0 Å². The van der Waals surface area contributed by atoms with Crippen molar-refractivity contribution < 1.29 is 0 Å². The molecule has 0 aliphatic heterocycles. The van der Waals surface area contributed by atoms with Crippen LogP contribution in [0.1, 0.15) is 37.7 Å². The number of terminal acetylenes is 1. The van der Waals surface area contributed by atoms with E-state index in [2.05, 4.69) is 30.3 Å². The summed E-state index contributed by atoms with van der Waals surface area (Å²) < 4.78 is 0. The van der Waals surface area contributed by atoms with Crippen LogP contribution < -0.4 is 5.32 Å². The Bertz CT molecular complexity index is 398. The van der Waals surface area contributed by atoms with Gasteiger partial charge in [-0.2, -0.15) is 0 Å². The molecule has 0 amide bonds. The fraction of sp³-hybridized carbons (Fsp3) is 0.467. The van der Waals surface area contributed by atoms with Crippen LogP contribution in [-0.4, -0.2) is 12.1 Å². The molecule has 90 valence electrons. The van der Waals surface area contributed by atoms with Crippen molar-refractivity contribution in [2.75, 3.05) is 0 Å². The average molecular weight is 248 g/mol. The fourth-order valence-electron chi connectivity index (χ4n) is 2.40. The summed E-state index contributed by atoms with van der Waals surface area (Å²) in [6.07, 6.45) is 8.51. The highest BCUT2D eigenvalue weighted by atomic mass is 35.5. The van der Waals surface area contributed by atoms with Gasteiger partial charge in [-0.1, -0.05) is 23.7 Å². The third-order valence-electron chi connectivity index (χ3n) is 3.42. The number of benzene rings is 1. The van der Waals surface area contributed by atoms with Crippen LogP contribution in [0.2, 0.25) is 5.02 Å². The molecule has 17 heavy (non-hydrogen) atoms. The highest BCUT2D eigenvalue weighted by Gasteiger charge is 2.30. The number of nitrogens with one attached hydrogen (secondary N) is 1. The van der Waals surface area contributed by atoms with Gasteiger partial charge < -0.3 is 5.32 Å². The Kier molecular flexibility index (Phi) is 4.10. The molecule has 1 atom stereocenters. The molecule has 2 heteroatoms. The molecule has 1 aliphatic rings. The lowest BCUT2D eigenvalue weighted by Gasteiger charge is -2.38. The molecule has 1 aromatic rings. The smallest absolute Gasteiger partial charge is 0.0406 e. The lowest BCUT2D eigenvalue weighted by atomic mass is 9.75. The first kappa shape index (κ1) is 12.5. The van der Waals surface area contributed by atoms with Crippen LogP contribution >= 0.6 is 11.6 Å². The second kappa shape index (κ2) is 5.58. The maximum atomic E-state index is 5.88. The van der Waals surface area contributed by atoms with E-state index in [1.807, 2.05) is 12.1 Å². The van der Waals surface area contributed by atoms with Crippen molar-refractivity contribution in [3.8, 4) is 12.3 Å². The van der Waals surface area contributed by atoms with Crippen LogP contribution in [0.25, 0.3) is 0 Å². The highest BCUT2D eigenvalue weighted by Crippen LogP contribution is 2.37. The van der Waals surface area contributed by atoms with Gasteiger partial charge in [-0.3, -0.25) is 0 Å². The lowest BCUT2D eigenvalue weighted by molar-refractivity contribution is 0.271. The first-order chi connectivity index (χ1) is 8.19. The van der Waals surface area contributed by atoms with E-state index in [0.717, 1.165) is 11.4 Å². The summed E-state index contributed by atoms with van der Waals surface area (Å²) in [7, 11) is 0. The van der Waals surface area contributed by atoms with Gasteiger partial charge in [-0.05, 0) is 43.4 Å². The van der Waals surface area contributed by atoms with Gasteiger partial charge in [0, 0.05) is 23.5 Å². The minimum atomic E-state index is 0.427. The Morgan fingerprint density at radius 1 is 1.41 bits per heavy atom. The fourth-order valence-corrected chi connectivity index (χ4v) is 2.53. The number of hydrogen-bond acceptors (Lipinski definition) is 1. The van der Waals surface area contributed by atoms with Crippen LogP contribution in [0, 0.1) is 12.3 Å². The maximum Gasteiger partial charge on any atom is 0.0406 e. The van der Waals surface area contributed by atoms with Gasteiger partial charge in [0.1, 0.15) is 0 Å². The van der Waals surface area contributed by atoms with Gasteiger partial charge in [-0.25, -0.2) is 0 Å². The Balaban J connectivity index is 1.79. The predicted octanol–water partition coefficient (Wildman–Crippen LogP) is 3.59.